The molecule has 0 heterocycles. The topological polar surface area (TPSA) is 66.5 Å². The van der Waals surface area contributed by atoms with Crippen molar-refractivity contribution in [1.29, 1.82) is 0 Å². The Morgan fingerprint density at radius 2 is 1.72 bits per heavy atom. The summed E-state index contributed by atoms with van der Waals surface area (Å²) in [4.78, 5) is 11.6. The van der Waals surface area contributed by atoms with Gasteiger partial charge in [-0.2, -0.15) is 4.31 Å². The second-order valence-corrected chi connectivity index (χ2v) is 7.17. The lowest BCUT2D eigenvalue weighted by Gasteiger charge is -2.20. The molecule has 0 saturated heterocycles. The van der Waals surface area contributed by atoms with Crippen molar-refractivity contribution in [1.82, 2.24) is 9.62 Å². The van der Waals surface area contributed by atoms with Crippen LogP contribution in [0.5, 0.6) is 0 Å². The Kier molecular flexibility index (Phi) is 6.22. The molecule has 25 heavy (non-hydrogen) atoms. The highest BCUT2D eigenvalue weighted by Gasteiger charge is 2.27. The quantitative estimate of drug-likeness (QED) is 0.815. The molecule has 0 bridgehead atoms. The molecule has 0 aliphatic carbocycles. The van der Waals surface area contributed by atoms with E-state index in [0.29, 0.717) is 5.56 Å². The summed E-state index contributed by atoms with van der Waals surface area (Å²) in [5.41, 5.74) is 0.676. The van der Waals surface area contributed by atoms with Gasteiger partial charge in [0.15, 0.2) is 0 Å². The fraction of sp³-hybridized carbons (Fsp3) is 0.235. The number of rotatable bonds is 7. The summed E-state index contributed by atoms with van der Waals surface area (Å²) in [5.74, 6) is -1.79. The molecule has 0 aliphatic rings. The Labute approximate surface area is 145 Å². The first-order chi connectivity index (χ1) is 11.8. The van der Waals surface area contributed by atoms with E-state index in [1.807, 2.05) is 0 Å². The molecule has 0 saturated carbocycles. The molecule has 2 aromatic rings. The number of halogens is 2. The molecule has 1 amide bonds. The van der Waals surface area contributed by atoms with Gasteiger partial charge in [-0.3, -0.25) is 4.79 Å². The van der Waals surface area contributed by atoms with Gasteiger partial charge in [-0.15, -0.1) is 0 Å². The fourth-order valence-electron chi connectivity index (χ4n) is 2.18. The molecule has 0 fully saturated rings. The summed E-state index contributed by atoms with van der Waals surface area (Å²) in [6.45, 7) is 1.27. The third kappa shape index (κ3) is 4.83. The summed E-state index contributed by atoms with van der Waals surface area (Å²) in [5, 5.41) is 2.56. The molecule has 2 rings (SSSR count). The number of hydrogen-bond donors (Lipinski definition) is 1. The highest BCUT2D eigenvalue weighted by atomic mass is 32.2. The average molecular weight is 368 g/mol. The molecule has 1 N–H and O–H groups in total. The Hall–Kier alpha value is -2.32. The minimum atomic E-state index is -4.12. The lowest BCUT2D eigenvalue weighted by Crippen LogP contribution is -2.40. The van der Waals surface area contributed by atoms with Crippen LogP contribution in [0.2, 0.25) is 0 Å². The van der Waals surface area contributed by atoms with Crippen molar-refractivity contribution in [2.24, 2.45) is 0 Å². The molecule has 0 aliphatic heterocycles. The SMILES string of the molecule is CCN(CC(=O)NCc1ccc(F)cc1)S(=O)(=O)c1ccccc1F. The van der Waals surface area contributed by atoms with Crippen molar-refractivity contribution in [2.45, 2.75) is 18.4 Å². The predicted molar refractivity (Wildman–Crippen MR) is 89.1 cm³/mol. The van der Waals surface area contributed by atoms with E-state index < -0.39 is 33.2 Å². The molecular weight excluding hydrogens is 350 g/mol. The minimum absolute atomic E-state index is 0.0145. The third-order valence-corrected chi connectivity index (χ3v) is 5.48. The number of nitrogens with one attached hydrogen (secondary N) is 1. The van der Waals surface area contributed by atoms with Crippen molar-refractivity contribution < 1.29 is 22.0 Å². The largest absolute Gasteiger partial charge is 0.351 e. The zero-order chi connectivity index (χ0) is 18.4. The highest BCUT2D eigenvalue weighted by molar-refractivity contribution is 7.89. The van der Waals surface area contributed by atoms with Crippen molar-refractivity contribution >= 4 is 15.9 Å². The van der Waals surface area contributed by atoms with Crippen LogP contribution < -0.4 is 5.32 Å². The molecule has 2 aromatic carbocycles. The Bertz CT molecular complexity index is 839. The molecule has 5 nitrogen and oxygen atoms in total. The highest BCUT2D eigenvalue weighted by Crippen LogP contribution is 2.18. The van der Waals surface area contributed by atoms with Gasteiger partial charge >= 0.3 is 0 Å². The lowest BCUT2D eigenvalue weighted by atomic mass is 10.2. The number of carbonyl (C=O) groups is 1. The van der Waals surface area contributed by atoms with Crippen molar-refractivity contribution in [3.05, 3.63) is 65.7 Å². The number of likely N-dealkylation sites (N-methyl/N-ethyl adjacent to an activating group) is 1. The Morgan fingerprint density at radius 3 is 2.32 bits per heavy atom. The van der Waals surface area contributed by atoms with E-state index in [9.17, 15) is 22.0 Å². The van der Waals surface area contributed by atoms with Crippen molar-refractivity contribution in [3.63, 3.8) is 0 Å². The van der Waals surface area contributed by atoms with Crippen molar-refractivity contribution in [3.8, 4) is 0 Å². The van der Waals surface area contributed by atoms with Gasteiger partial charge in [-0.1, -0.05) is 31.2 Å². The van der Waals surface area contributed by atoms with Gasteiger partial charge in [0.25, 0.3) is 0 Å². The summed E-state index contributed by atoms with van der Waals surface area (Å²) in [6, 6.07) is 10.6. The smallest absolute Gasteiger partial charge is 0.246 e. The van der Waals surface area contributed by atoms with E-state index in [2.05, 4.69) is 5.32 Å². The van der Waals surface area contributed by atoms with Gasteiger partial charge < -0.3 is 5.32 Å². The Morgan fingerprint density at radius 1 is 1.08 bits per heavy atom. The van der Waals surface area contributed by atoms with Crippen LogP contribution in [0.1, 0.15) is 12.5 Å². The summed E-state index contributed by atoms with van der Waals surface area (Å²) >= 11 is 0. The molecule has 0 aromatic heterocycles. The first-order valence-electron chi connectivity index (χ1n) is 7.60. The monoisotopic (exact) mass is 368 g/mol. The minimum Gasteiger partial charge on any atom is -0.351 e. The van der Waals surface area contributed by atoms with Crippen LogP contribution in [0, 0.1) is 11.6 Å². The van der Waals surface area contributed by atoms with E-state index in [0.717, 1.165) is 16.4 Å². The molecule has 8 heteroatoms. The lowest BCUT2D eigenvalue weighted by molar-refractivity contribution is -0.121. The second kappa shape index (κ2) is 8.17. The number of hydrogen-bond acceptors (Lipinski definition) is 3. The van der Waals surface area contributed by atoms with Crippen LogP contribution in [0.4, 0.5) is 8.78 Å². The maximum Gasteiger partial charge on any atom is 0.246 e. The van der Waals surface area contributed by atoms with E-state index in [1.165, 1.54) is 36.4 Å². The zero-order valence-corrected chi connectivity index (χ0v) is 14.4. The van der Waals surface area contributed by atoms with Gasteiger partial charge in [-0.05, 0) is 29.8 Å². The van der Waals surface area contributed by atoms with Crippen LogP contribution in [0.3, 0.4) is 0 Å². The van der Waals surface area contributed by atoms with Gasteiger partial charge in [0, 0.05) is 13.1 Å². The summed E-state index contributed by atoms with van der Waals surface area (Å²) in [6.07, 6.45) is 0. The van der Waals surface area contributed by atoms with Crippen molar-refractivity contribution in [2.75, 3.05) is 13.1 Å². The Balaban J connectivity index is 2.04. The maximum atomic E-state index is 13.8. The van der Waals surface area contributed by atoms with Crippen LogP contribution in [-0.4, -0.2) is 31.7 Å². The number of carbonyl (C=O) groups excluding carboxylic acids is 1. The van der Waals surface area contributed by atoms with Crippen LogP contribution in [0.25, 0.3) is 0 Å². The summed E-state index contributed by atoms with van der Waals surface area (Å²) in [7, 11) is -4.12. The average Bonchev–Trinajstić information content (AvgIpc) is 2.59. The number of amides is 1. The number of benzene rings is 2. The van der Waals surface area contributed by atoms with E-state index >= 15 is 0 Å². The fourth-order valence-corrected chi connectivity index (χ4v) is 3.65. The summed E-state index contributed by atoms with van der Waals surface area (Å²) < 4.78 is 52.5. The van der Waals surface area contributed by atoms with E-state index in [4.69, 9.17) is 0 Å². The number of nitrogens with zero attached hydrogens (tertiary/aromatic N) is 1. The molecule has 0 spiro atoms. The van der Waals surface area contributed by atoms with Gasteiger partial charge in [0.2, 0.25) is 15.9 Å². The first kappa shape index (κ1) is 19.0. The third-order valence-electron chi connectivity index (χ3n) is 3.53. The first-order valence-corrected chi connectivity index (χ1v) is 9.04. The van der Waals surface area contributed by atoms with Gasteiger partial charge in [0.1, 0.15) is 16.5 Å². The molecule has 134 valence electrons. The molecule has 0 atom stereocenters. The predicted octanol–water partition coefficient (Wildman–Crippen LogP) is 2.29. The zero-order valence-electron chi connectivity index (χ0n) is 13.6. The van der Waals surface area contributed by atoms with Crippen LogP contribution in [0.15, 0.2) is 53.4 Å². The standard InChI is InChI=1S/C17H18F2N2O3S/c1-2-21(25(23,24)16-6-4-3-5-15(16)19)12-17(22)20-11-13-7-9-14(18)10-8-13/h3-10H,2,11-12H2,1H3,(H,20,22). The molecule has 0 unspecified atom stereocenters. The van der Waals surface area contributed by atoms with Crippen LogP contribution in [-0.2, 0) is 21.4 Å². The molecule has 0 radical (unpaired) electrons. The number of sulfonamides is 1. The van der Waals surface area contributed by atoms with Gasteiger partial charge in [0.05, 0.1) is 6.54 Å². The second-order valence-electron chi connectivity index (χ2n) is 5.26. The van der Waals surface area contributed by atoms with Crippen LogP contribution >= 0.6 is 0 Å². The normalized spacial score (nSPS) is 11.5. The van der Waals surface area contributed by atoms with E-state index in [-0.39, 0.29) is 18.9 Å². The molecular formula is C17H18F2N2O3S. The van der Waals surface area contributed by atoms with E-state index in [1.54, 1.807) is 6.92 Å². The maximum absolute atomic E-state index is 13.8. The van der Waals surface area contributed by atoms with Gasteiger partial charge in [-0.25, -0.2) is 17.2 Å².